The molecule has 0 radical (unpaired) electrons. The van der Waals surface area contributed by atoms with E-state index in [9.17, 15) is 9.90 Å². The van der Waals surface area contributed by atoms with Gasteiger partial charge < -0.3 is 20.1 Å². The molecule has 160 valence electrons. The van der Waals surface area contributed by atoms with Crippen LogP contribution >= 0.6 is 12.4 Å². The number of halogens is 1. The molecule has 0 saturated carbocycles. The topological polar surface area (TPSA) is 87.6 Å². The summed E-state index contributed by atoms with van der Waals surface area (Å²) in [6, 6.07) is 10.5. The molecule has 31 heavy (non-hydrogen) atoms. The second-order valence-corrected chi connectivity index (χ2v) is 7.33. The Morgan fingerprint density at radius 1 is 1.26 bits per heavy atom. The third-order valence-electron chi connectivity index (χ3n) is 5.25. The maximum absolute atomic E-state index is 11.3. The van der Waals surface area contributed by atoms with Gasteiger partial charge in [-0.25, -0.2) is 14.8 Å². The van der Waals surface area contributed by atoms with E-state index in [-0.39, 0.29) is 24.1 Å². The van der Waals surface area contributed by atoms with E-state index in [1.54, 1.807) is 12.1 Å². The summed E-state index contributed by atoms with van der Waals surface area (Å²) < 4.78 is 6.33. The highest BCUT2D eigenvalue weighted by Crippen LogP contribution is 2.33. The van der Waals surface area contributed by atoms with Gasteiger partial charge in [-0.1, -0.05) is 12.0 Å². The van der Waals surface area contributed by atoms with Crippen molar-refractivity contribution in [2.24, 2.45) is 0 Å². The molecule has 2 N–H and O–H groups in total. The second kappa shape index (κ2) is 9.65. The summed E-state index contributed by atoms with van der Waals surface area (Å²) in [6.45, 7) is 2.00. The third kappa shape index (κ3) is 4.88. The monoisotopic (exact) mass is 438 g/mol. The molecule has 1 aliphatic heterocycles. The van der Waals surface area contributed by atoms with Crippen LogP contribution in [0.4, 0.5) is 11.5 Å². The van der Waals surface area contributed by atoms with Gasteiger partial charge in [0.1, 0.15) is 24.0 Å². The average Bonchev–Trinajstić information content (AvgIpc) is 2.75. The number of hydrogen-bond acceptors (Lipinski definition) is 6. The SMILES string of the molecule is C#Cc1cc(Nc2ncnc3cccc(OC4CCN(C)CC4)c23)ccc1C(=O)O.Cl. The van der Waals surface area contributed by atoms with Crippen LogP contribution in [0.15, 0.2) is 42.7 Å². The lowest BCUT2D eigenvalue weighted by Gasteiger charge is -2.29. The molecule has 2 heterocycles. The van der Waals surface area contributed by atoms with Gasteiger partial charge in [-0.2, -0.15) is 0 Å². The van der Waals surface area contributed by atoms with Crippen LogP contribution < -0.4 is 10.1 Å². The Labute approximate surface area is 186 Å². The zero-order valence-corrected chi connectivity index (χ0v) is 17.9. The van der Waals surface area contributed by atoms with Crippen LogP contribution in [0, 0.1) is 12.3 Å². The number of carbonyl (C=O) groups is 1. The van der Waals surface area contributed by atoms with Crippen LogP contribution in [0.2, 0.25) is 0 Å². The molecule has 8 heteroatoms. The maximum atomic E-state index is 11.3. The van der Waals surface area contributed by atoms with E-state index >= 15 is 0 Å². The standard InChI is InChI=1S/C23H22N4O3.ClH/c1-3-15-13-16(7-8-18(15)23(28)29)26-22-21-19(24-14-25-22)5-4-6-20(21)30-17-9-11-27(2)12-10-17;/h1,4-8,13-14,17H,9-12H2,2H3,(H,28,29)(H,24,25,26);1H. The first-order chi connectivity index (χ1) is 14.5. The number of benzene rings is 2. The van der Waals surface area contributed by atoms with Gasteiger partial charge in [0.05, 0.1) is 16.5 Å². The Kier molecular flexibility index (Phi) is 6.95. The van der Waals surface area contributed by atoms with Crippen LogP contribution in [0.1, 0.15) is 28.8 Å². The number of hydrogen-bond donors (Lipinski definition) is 2. The zero-order chi connectivity index (χ0) is 21.1. The molecule has 0 bridgehead atoms. The number of terminal acetylenes is 1. The fourth-order valence-electron chi connectivity index (χ4n) is 3.62. The normalized spacial score (nSPS) is 14.5. The van der Waals surface area contributed by atoms with E-state index < -0.39 is 5.97 Å². The molecule has 2 aromatic carbocycles. The molecular formula is C23H23ClN4O3. The number of carboxylic acid groups (broad SMARTS) is 1. The fourth-order valence-corrected chi connectivity index (χ4v) is 3.62. The van der Waals surface area contributed by atoms with E-state index in [0.717, 1.165) is 42.6 Å². The highest BCUT2D eigenvalue weighted by atomic mass is 35.5. The Balaban J connectivity index is 0.00000272. The van der Waals surface area contributed by atoms with Crippen molar-refractivity contribution in [1.29, 1.82) is 0 Å². The minimum absolute atomic E-state index is 0. The molecule has 1 fully saturated rings. The minimum Gasteiger partial charge on any atom is -0.489 e. The number of carboxylic acids is 1. The average molecular weight is 439 g/mol. The Morgan fingerprint density at radius 3 is 2.74 bits per heavy atom. The van der Waals surface area contributed by atoms with Crippen molar-refractivity contribution in [3.63, 3.8) is 0 Å². The predicted octanol–water partition coefficient (Wildman–Crippen LogP) is 3.95. The van der Waals surface area contributed by atoms with Crippen LogP contribution in [0.3, 0.4) is 0 Å². The zero-order valence-electron chi connectivity index (χ0n) is 17.0. The Morgan fingerprint density at radius 2 is 2.03 bits per heavy atom. The minimum atomic E-state index is -1.06. The van der Waals surface area contributed by atoms with Gasteiger partial charge in [0, 0.05) is 24.3 Å². The van der Waals surface area contributed by atoms with Crippen LogP contribution in [-0.4, -0.2) is 52.2 Å². The predicted molar refractivity (Wildman–Crippen MR) is 123 cm³/mol. The van der Waals surface area contributed by atoms with Gasteiger partial charge in [0.15, 0.2) is 0 Å². The first-order valence-corrected chi connectivity index (χ1v) is 9.75. The number of ether oxygens (including phenoxy) is 1. The lowest BCUT2D eigenvalue weighted by Crippen LogP contribution is -2.35. The van der Waals surface area contributed by atoms with Crippen molar-refractivity contribution in [2.75, 3.05) is 25.5 Å². The molecule has 1 saturated heterocycles. The number of anilines is 2. The van der Waals surface area contributed by atoms with Gasteiger partial charge >= 0.3 is 5.97 Å². The lowest BCUT2D eigenvalue weighted by molar-refractivity contribution is 0.0696. The fraction of sp³-hybridized carbons (Fsp3) is 0.261. The molecule has 0 aliphatic carbocycles. The Bertz CT molecular complexity index is 1130. The lowest BCUT2D eigenvalue weighted by atomic mass is 10.1. The highest BCUT2D eigenvalue weighted by molar-refractivity contribution is 5.96. The van der Waals surface area contributed by atoms with Crippen molar-refractivity contribution in [3.05, 3.63) is 53.9 Å². The summed E-state index contributed by atoms with van der Waals surface area (Å²) in [5, 5.41) is 13.3. The first-order valence-electron chi connectivity index (χ1n) is 9.75. The van der Waals surface area contributed by atoms with Crippen molar-refractivity contribution < 1.29 is 14.6 Å². The van der Waals surface area contributed by atoms with Crippen molar-refractivity contribution in [2.45, 2.75) is 18.9 Å². The van der Waals surface area contributed by atoms with Crippen LogP contribution in [0.25, 0.3) is 10.9 Å². The Hall–Kier alpha value is -3.34. The summed E-state index contributed by atoms with van der Waals surface area (Å²) in [5.41, 5.74) is 1.79. The van der Waals surface area contributed by atoms with E-state index in [0.29, 0.717) is 17.1 Å². The molecular weight excluding hydrogens is 416 g/mol. The number of nitrogens with zero attached hydrogens (tertiary/aromatic N) is 3. The third-order valence-corrected chi connectivity index (χ3v) is 5.25. The van der Waals surface area contributed by atoms with E-state index in [2.05, 4.69) is 33.2 Å². The number of rotatable bonds is 5. The summed E-state index contributed by atoms with van der Waals surface area (Å²) in [6.07, 6.45) is 9.04. The molecule has 0 atom stereocenters. The maximum Gasteiger partial charge on any atom is 0.336 e. The number of aromatic carboxylic acids is 1. The van der Waals surface area contributed by atoms with E-state index in [1.165, 1.54) is 12.4 Å². The molecule has 3 aromatic rings. The highest BCUT2D eigenvalue weighted by Gasteiger charge is 2.20. The molecule has 1 aromatic heterocycles. The van der Waals surface area contributed by atoms with E-state index in [4.69, 9.17) is 11.2 Å². The number of aromatic nitrogens is 2. The number of fused-ring (bicyclic) bond motifs is 1. The van der Waals surface area contributed by atoms with Crippen molar-refractivity contribution in [3.8, 4) is 18.1 Å². The first kappa shape index (κ1) is 22.3. The smallest absolute Gasteiger partial charge is 0.336 e. The van der Waals surface area contributed by atoms with Gasteiger partial charge in [-0.15, -0.1) is 18.8 Å². The summed E-state index contributed by atoms with van der Waals surface area (Å²) in [7, 11) is 2.12. The van der Waals surface area contributed by atoms with Crippen molar-refractivity contribution in [1.82, 2.24) is 14.9 Å². The molecule has 1 aliphatic rings. The van der Waals surface area contributed by atoms with Crippen molar-refractivity contribution >= 4 is 40.8 Å². The molecule has 0 amide bonds. The number of piperidine rings is 1. The molecule has 4 rings (SSSR count). The molecule has 0 spiro atoms. The van der Waals surface area contributed by atoms with Gasteiger partial charge in [-0.3, -0.25) is 0 Å². The van der Waals surface area contributed by atoms with Crippen LogP contribution in [-0.2, 0) is 0 Å². The second-order valence-electron chi connectivity index (χ2n) is 7.33. The summed E-state index contributed by atoms with van der Waals surface area (Å²) >= 11 is 0. The van der Waals surface area contributed by atoms with Gasteiger partial charge in [0.2, 0.25) is 0 Å². The number of likely N-dealkylation sites (tertiary alicyclic amines) is 1. The largest absolute Gasteiger partial charge is 0.489 e. The van der Waals surface area contributed by atoms with E-state index in [1.807, 2.05) is 18.2 Å². The van der Waals surface area contributed by atoms with Gasteiger partial charge in [-0.05, 0) is 50.2 Å². The van der Waals surface area contributed by atoms with Crippen LogP contribution in [0.5, 0.6) is 5.75 Å². The summed E-state index contributed by atoms with van der Waals surface area (Å²) in [5.74, 6) is 2.67. The molecule has 0 unspecified atom stereocenters. The number of nitrogens with one attached hydrogen (secondary N) is 1. The van der Waals surface area contributed by atoms with Gasteiger partial charge in [0.25, 0.3) is 0 Å². The summed E-state index contributed by atoms with van der Waals surface area (Å²) in [4.78, 5) is 22.4. The quantitative estimate of drug-likeness (QED) is 0.583. The molecule has 7 nitrogen and oxygen atoms in total.